The van der Waals surface area contributed by atoms with Crippen LogP contribution in [0.1, 0.15) is 27.2 Å². The van der Waals surface area contributed by atoms with Gasteiger partial charge in [-0.1, -0.05) is 20.8 Å². The zero-order chi connectivity index (χ0) is 5.86. The van der Waals surface area contributed by atoms with Crippen molar-refractivity contribution in [1.29, 1.82) is 0 Å². The molecule has 0 atom stereocenters. The molecule has 0 fully saturated rings. The smallest absolute Gasteiger partial charge is 0.0359 e. The molecular weight excluding hydrogens is 86.1 g/mol. The Morgan fingerprint density at radius 2 is 2.00 bits per heavy atom. The molecular formula is C6H14N. The topological polar surface area (TPSA) is 26.0 Å². The fourth-order valence-corrected chi connectivity index (χ4v) is 0.408. The van der Waals surface area contributed by atoms with Crippen LogP contribution in [0.15, 0.2) is 0 Å². The van der Waals surface area contributed by atoms with E-state index in [1.807, 2.05) is 0 Å². The van der Waals surface area contributed by atoms with Gasteiger partial charge in [-0.2, -0.15) is 0 Å². The van der Waals surface area contributed by atoms with Gasteiger partial charge >= 0.3 is 0 Å². The quantitative estimate of drug-likeness (QED) is 0.559. The summed E-state index contributed by atoms with van der Waals surface area (Å²) >= 11 is 0. The third-order valence-electron chi connectivity index (χ3n) is 1.15. The van der Waals surface area contributed by atoms with E-state index in [0.29, 0.717) is 5.92 Å². The summed E-state index contributed by atoms with van der Waals surface area (Å²) in [7, 11) is 0. The molecule has 7 heavy (non-hydrogen) atoms. The minimum absolute atomic E-state index is 0.560. The molecule has 0 aliphatic rings. The summed E-state index contributed by atoms with van der Waals surface area (Å²) in [5.74, 6) is 0.560. The zero-order valence-corrected chi connectivity index (χ0v) is 5.36. The second kappa shape index (κ2) is 3.03. The maximum Gasteiger partial charge on any atom is 0.0359 e. The lowest BCUT2D eigenvalue weighted by molar-refractivity contribution is 0.609. The predicted octanol–water partition coefficient (Wildman–Crippen LogP) is 1.54. The van der Waals surface area contributed by atoms with Gasteiger partial charge in [0.25, 0.3) is 0 Å². The first-order chi connectivity index (χ1) is 3.18. The third kappa shape index (κ3) is 2.63. The molecule has 0 aromatic carbocycles. The Kier molecular flexibility index (Phi) is 3.01. The van der Waals surface area contributed by atoms with Crippen molar-refractivity contribution >= 4 is 0 Å². The SMILES string of the molecule is CC[C](N)C(C)C. The van der Waals surface area contributed by atoms with Crippen LogP contribution in [0.5, 0.6) is 0 Å². The number of hydrogen-bond acceptors (Lipinski definition) is 1. The highest BCUT2D eigenvalue weighted by atomic mass is 14.6. The van der Waals surface area contributed by atoms with Gasteiger partial charge in [-0.25, -0.2) is 0 Å². The summed E-state index contributed by atoms with van der Waals surface area (Å²) in [4.78, 5) is 0. The van der Waals surface area contributed by atoms with Crippen molar-refractivity contribution in [3.05, 3.63) is 6.04 Å². The molecule has 0 spiro atoms. The highest BCUT2D eigenvalue weighted by Gasteiger charge is 2.02. The normalized spacial score (nSPS) is 11.1. The van der Waals surface area contributed by atoms with Crippen LogP contribution in [-0.4, -0.2) is 0 Å². The Balaban J connectivity index is 3.14. The van der Waals surface area contributed by atoms with E-state index in [0.717, 1.165) is 12.5 Å². The first-order valence-electron chi connectivity index (χ1n) is 2.79. The Morgan fingerprint density at radius 3 is 2.00 bits per heavy atom. The Labute approximate surface area is 45.9 Å². The first kappa shape index (κ1) is 6.96. The van der Waals surface area contributed by atoms with E-state index in [1.54, 1.807) is 0 Å². The van der Waals surface area contributed by atoms with E-state index in [4.69, 9.17) is 5.73 Å². The molecule has 0 bridgehead atoms. The molecule has 0 unspecified atom stereocenters. The molecule has 0 amide bonds. The van der Waals surface area contributed by atoms with Crippen LogP contribution in [0, 0.1) is 12.0 Å². The zero-order valence-electron chi connectivity index (χ0n) is 5.36. The van der Waals surface area contributed by atoms with Crippen molar-refractivity contribution in [3.8, 4) is 0 Å². The van der Waals surface area contributed by atoms with Crippen molar-refractivity contribution in [2.75, 3.05) is 0 Å². The van der Waals surface area contributed by atoms with E-state index in [9.17, 15) is 0 Å². The van der Waals surface area contributed by atoms with Gasteiger partial charge < -0.3 is 5.73 Å². The van der Waals surface area contributed by atoms with E-state index in [2.05, 4.69) is 20.8 Å². The molecule has 0 aromatic rings. The minimum atomic E-state index is 0.560. The average Bonchev–Trinajstić information content (AvgIpc) is 1.65. The number of hydrogen-bond donors (Lipinski definition) is 1. The van der Waals surface area contributed by atoms with Crippen LogP contribution in [0.3, 0.4) is 0 Å². The average molecular weight is 100 g/mol. The van der Waals surface area contributed by atoms with Crippen LogP contribution in [0.25, 0.3) is 0 Å². The van der Waals surface area contributed by atoms with Gasteiger partial charge in [0.05, 0.1) is 0 Å². The van der Waals surface area contributed by atoms with Crippen LogP contribution >= 0.6 is 0 Å². The highest BCUT2D eigenvalue weighted by molar-refractivity contribution is 4.82. The van der Waals surface area contributed by atoms with Crippen molar-refractivity contribution in [2.45, 2.75) is 27.2 Å². The number of rotatable bonds is 2. The fraction of sp³-hybridized carbons (Fsp3) is 0.833. The molecule has 43 valence electrons. The van der Waals surface area contributed by atoms with Crippen LogP contribution in [0.4, 0.5) is 0 Å². The standard InChI is InChI=1S/C6H14N/c1-4-6(7)5(2)3/h5H,4,7H2,1-3H3. The Morgan fingerprint density at radius 1 is 1.57 bits per heavy atom. The Bertz CT molecular complexity index is 41.4. The maximum atomic E-state index is 5.53. The molecule has 1 nitrogen and oxygen atoms in total. The molecule has 0 aliphatic heterocycles. The molecule has 1 heteroatoms. The van der Waals surface area contributed by atoms with Gasteiger partial charge in [0.2, 0.25) is 0 Å². The van der Waals surface area contributed by atoms with Gasteiger partial charge in [0.15, 0.2) is 0 Å². The van der Waals surface area contributed by atoms with Crippen LogP contribution < -0.4 is 5.73 Å². The van der Waals surface area contributed by atoms with E-state index in [-0.39, 0.29) is 0 Å². The lowest BCUT2D eigenvalue weighted by Gasteiger charge is -2.09. The van der Waals surface area contributed by atoms with Crippen LogP contribution in [-0.2, 0) is 0 Å². The van der Waals surface area contributed by atoms with Crippen molar-refractivity contribution in [2.24, 2.45) is 11.7 Å². The summed E-state index contributed by atoms with van der Waals surface area (Å²) in [6, 6.07) is 1.10. The Hall–Kier alpha value is -0.0400. The minimum Gasteiger partial charge on any atom is -0.323 e. The van der Waals surface area contributed by atoms with Gasteiger partial charge in [0, 0.05) is 6.04 Å². The lowest BCUT2D eigenvalue weighted by Crippen LogP contribution is -2.14. The highest BCUT2D eigenvalue weighted by Crippen LogP contribution is 2.08. The summed E-state index contributed by atoms with van der Waals surface area (Å²) in [6.45, 7) is 6.30. The third-order valence-corrected chi connectivity index (χ3v) is 1.15. The van der Waals surface area contributed by atoms with Crippen molar-refractivity contribution in [1.82, 2.24) is 0 Å². The molecule has 0 aromatic heterocycles. The molecule has 2 N–H and O–H groups in total. The molecule has 0 saturated carbocycles. The van der Waals surface area contributed by atoms with Gasteiger partial charge in [-0.05, 0) is 12.3 Å². The molecule has 1 radical (unpaired) electrons. The fourth-order valence-electron chi connectivity index (χ4n) is 0.408. The van der Waals surface area contributed by atoms with E-state index >= 15 is 0 Å². The van der Waals surface area contributed by atoms with Gasteiger partial charge in [-0.3, -0.25) is 0 Å². The molecule has 0 rings (SSSR count). The second-order valence-electron chi connectivity index (χ2n) is 2.08. The maximum absolute atomic E-state index is 5.53. The summed E-state index contributed by atoms with van der Waals surface area (Å²) in [5.41, 5.74) is 5.53. The second-order valence-corrected chi connectivity index (χ2v) is 2.08. The summed E-state index contributed by atoms with van der Waals surface area (Å²) in [6.07, 6.45) is 1.01. The van der Waals surface area contributed by atoms with E-state index in [1.165, 1.54) is 0 Å². The molecule has 0 heterocycles. The first-order valence-corrected chi connectivity index (χ1v) is 2.79. The molecule has 0 saturated heterocycles. The summed E-state index contributed by atoms with van der Waals surface area (Å²) < 4.78 is 0. The monoisotopic (exact) mass is 100 g/mol. The molecule has 0 aliphatic carbocycles. The van der Waals surface area contributed by atoms with Crippen molar-refractivity contribution in [3.63, 3.8) is 0 Å². The van der Waals surface area contributed by atoms with Crippen molar-refractivity contribution < 1.29 is 0 Å². The summed E-state index contributed by atoms with van der Waals surface area (Å²) in [5, 5.41) is 0. The van der Waals surface area contributed by atoms with Gasteiger partial charge in [-0.15, -0.1) is 0 Å². The lowest BCUT2D eigenvalue weighted by atomic mass is 10.0. The predicted molar refractivity (Wildman–Crippen MR) is 32.6 cm³/mol. The number of nitrogens with two attached hydrogens (primary N) is 1. The van der Waals surface area contributed by atoms with Gasteiger partial charge in [0.1, 0.15) is 0 Å². The van der Waals surface area contributed by atoms with E-state index < -0.39 is 0 Å². The largest absolute Gasteiger partial charge is 0.323 e. The van der Waals surface area contributed by atoms with Crippen LogP contribution in [0.2, 0.25) is 0 Å².